The molecule has 1 aliphatic carbocycles. The number of hydrogen-bond acceptors (Lipinski definition) is 5. The van der Waals surface area contributed by atoms with Crippen molar-refractivity contribution in [1.82, 2.24) is 19.7 Å². The fourth-order valence-electron chi connectivity index (χ4n) is 4.63. The topological polar surface area (TPSA) is 75.5 Å². The number of alkyl halides is 3. The molecule has 2 N–H and O–H groups in total. The van der Waals surface area contributed by atoms with Crippen LogP contribution < -0.4 is 4.74 Å². The highest BCUT2D eigenvalue weighted by Crippen LogP contribution is 2.47. The van der Waals surface area contributed by atoms with E-state index in [1.807, 2.05) is 19.0 Å². The largest absolute Gasteiger partial charge is 0.491 e. The molecule has 196 valence electrons. The van der Waals surface area contributed by atoms with Gasteiger partial charge in [-0.1, -0.05) is 23.7 Å². The SMILES string of the molecule is COCc1c(-c2cccc(OCCN(C)C)c2Cl)c[nH]c1-c1cnn(C2CC(C)(O)C2)c1C(F)(F)F. The minimum absolute atomic E-state index is 0.0524. The minimum atomic E-state index is -4.65. The Balaban J connectivity index is 1.76. The average molecular weight is 527 g/mol. The lowest BCUT2D eigenvalue weighted by Crippen LogP contribution is -2.43. The summed E-state index contributed by atoms with van der Waals surface area (Å²) in [4.78, 5) is 4.99. The molecular weight excluding hydrogens is 497 g/mol. The third-order valence-electron chi connectivity index (χ3n) is 6.36. The summed E-state index contributed by atoms with van der Waals surface area (Å²) >= 11 is 6.68. The number of aromatic nitrogens is 3. The molecule has 2 aromatic heterocycles. The lowest BCUT2D eigenvalue weighted by atomic mass is 9.77. The number of aromatic amines is 1. The second-order valence-electron chi connectivity index (χ2n) is 9.67. The van der Waals surface area contributed by atoms with Gasteiger partial charge >= 0.3 is 6.18 Å². The highest BCUT2D eigenvalue weighted by Gasteiger charge is 2.46. The van der Waals surface area contributed by atoms with Crippen LogP contribution in [0.2, 0.25) is 5.02 Å². The maximum Gasteiger partial charge on any atom is 0.433 e. The summed E-state index contributed by atoms with van der Waals surface area (Å²) in [6.45, 7) is 2.79. The van der Waals surface area contributed by atoms with Crippen LogP contribution in [0.4, 0.5) is 13.2 Å². The number of rotatable bonds is 9. The van der Waals surface area contributed by atoms with Crippen LogP contribution in [0.1, 0.15) is 37.1 Å². The molecule has 0 atom stereocenters. The Kier molecular flexibility index (Phi) is 7.43. The normalized spacial score (nSPS) is 20.1. The predicted molar refractivity (Wildman–Crippen MR) is 131 cm³/mol. The van der Waals surface area contributed by atoms with Crippen molar-refractivity contribution in [2.24, 2.45) is 0 Å². The fraction of sp³-hybridized carbons (Fsp3) is 0.480. The maximum atomic E-state index is 14.3. The van der Waals surface area contributed by atoms with E-state index in [0.29, 0.717) is 40.6 Å². The summed E-state index contributed by atoms with van der Waals surface area (Å²) in [5, 5.41) is 14.5. The molecule has 1 aromatic carbocycles. The van der Waals surface area contributed by atoms with Gasteiger partial charge in [-0.2, -0.15) is 18.3 Å². The molecule has 2 heterocycles. The number of nitrogens with zero attached hydrogens (tertiary/aromatic N) is 3. The second-order valence-corrected chi connectivity index (χ2v) is 10.0. The monoisotopic (exact) mass is 526 g/mol. The molecule has 36 heavy (non-hydrogen) atoms. The van der Waals surface area contributed by atoms with Gasteiger partial charge in [0.15, 0.2) is 5.69 Å². The molecule has 1 aliphatic rings. The van der Waals surface area contributed by atoms with E-state index in [2.05, 4.69) is 10.1 Å². The van der Waals surface area contributed by atoms with E-state index in [-0.39, 0.29) is 30.7 Å². The molecule has 1 fully saturated rings. The van der Waals surface area contributed by atoms with Crippen molar-refractivity contribution in [2.45, 2.75) is 44.2 Å². The van der Waals surface area contributed by atoms with Crippen LogP contribution in [0.15, 0.2) is 30.6 Å². The van der Waals surface area contributed by atoms with Crippen LogP contribution in [-0.2, 0) is 17.5 Å². The Morgan fingerprint density at radius 2 is 1.97 bits per heavy atom. The molecule has 7 nitrogen and oxygen atoms in total. The fourth-order valence-corrected chi connectivity index (χ4v) is 4.91. The molecule has 0 unspecified atom stereocenters. The van der Waals surface area contributed by atoms with E-state index in [4.69, 9.17) is 21.1 Å². The third-order valence-corrected chi connectivity index (χ3v) is 6.75. The van der Waals surface area contributed by atoms with Crippen molar-refractivity contribution in [2.75, 3.05) is 34.4 Å². The second kappa shape index (κ2) is 10.1. The predicted octanol–water partition coefficient (Wildman–Crippen LogP) is 5.39. The zero-order valence-electron chi connectivity index (χ0n) is 20.6. The third kappa shape index (κ3) is 5.27. The van der Waals surface area contributed by atoms with Gasteiger partial charge in [0, 0.05) is 42.1 Å². The van der Waals surface area contributed by atoms with Gasteiger partial charge in [-0.15, -0.1) is 0 Å². The Morgan fingerprint density at radius 3 is 2.58 bits per heavy atom. The van der Waals surface area contributed by atoms with Crippen molar-refractivity contribution < 1.29 is 27.8 Å². The summed E-state index contributed by atoms with van der Waals surface area (Å²) in [5.74, 6) is 0.489. The minimum Gasteiger partial charge on any atom is -0.491 e. The first kappa shape index (κ1) is 26.5. The van der Waals surface area contributed by atoms with Gasteiger partial charge in [-0.3, -0.25) is 4.68 Å². The molecule has 0 amide bonds. The highest BCUT2D eigenvalue weighted by atomic mass is 35.5. The van der Waals surface area contributed by atoms with Gasteiger partial charge in [0.1, 0.15) is 12.4 Å². The standard InChI is InChI=1S/C25H30ClF3N4O3/c1-24(34)10-15(11-24)33-23(25(27,28)29)18(13-31-33)22-19(14-35-4)17(12-30-22)16-6-5-7-20(21(16)26)36-9-8-32(2)3/h5-7,12-13,15,30,34H,8-11,14H2,1-4H3. The molecule has 0 spiro atoms. The van der Waals surface area contributed by atoms with Gasteiger partial charge in [0.05, 0.1) is 35.2 Å². The highest BCUT2D eigenvalue weighted by molar-refractivity contribution is 6.34. The first-order valence-electron chi connectivity index (χ1n) is 11.6. The molecule has 0 radical (unpaired) electrons. The summed E-state index contributed by atoms with van der Waals surface area (Å²) in [6, 6.07) is 4.80. The maximum absolute atomic E-state index is 14.3. The lowest BCUT2D eigenvalue weighted by Gasteiger charge is -2.41. The van der Waals surface area contributed by atoms with Crippen molar-refractivity contribution in [3.8, 4) is 28.1 Å². The lowest BCUT2D eigenvalue weighted by molar-refractivity contribution is -0.148. The van der Waals surface area contributed by atoms with Crippen LogP contribution in [0.3, 0.4) is 0 Å². The van der Waals surface area contributed by atoms with Crippen molar-refractivity contribution in [3.63, 3.8) is 0 Å². The van der Waals surface area contributed by atoms with Crippen molar-refractivity contribution >= 4 is 11.6 Å². The summed E-state index contributed by atoms with van der Waals surface area (Å²) < 4.78 is 55.0. The van der Waals surface area contributed by atoms with E-state index < -0.39 is 23.5 Å². The van der Waals surface area contributed by atoms with E-state index in [1.165, 1.54) is 13.3 Å². The summed E-state index contributed by atoms with van der Waals surface area (Å²) in [5.41, 5.74) is 0.0769. The first-order chi connectivity index (χ1) is 16.9. The van der Waals surface area contributed by atoms with E-state index >= 15 is 0 Å². The smallest absolute Gasteiger partial charge is 0.433 e. The number of likely N-dealkylation sites (N-methyl/N-ethyl adjacent to an activating group) is 1. The van der Waals surface area contributed by atoms with Crippen molar-refractivity contribution in [3.05, 3.63) is 46.9 Å². The van der Waals surface area contributed by atoms with Crippen LogP contribution in [0.5, 0.6) is 5.75 Å². The zero-order valence-corrected chi connectivity index (χ0v) is 21.4. The van der Waals surface area contributed by atoms with E-state index in [9.17, 15) is 18.3 Å². The van der Waals surface area contributed by atoms with Crippen LogP contribution in [0, 0.1) is 0 Å². The summed E-state index contributed by atoms with van der Waals surface area (Å²) in [7, 11) is 5.35. The van der Waals surface area contributed by atoms with E-state index in [0.717, 1.165) is 4.68 Å². The number of aliphatic hydroxyl groups is 1. The van der Waals surface area contributed by atoms with Gasteiger partial charge in [-0.05, 0) is 39.9 Å². The number of nitrogens with one attached hydrogen (secondary N) is 1. The Morgan fingerprint density at radius 1 is 1.25 bits per heavy atom. The average Bonchev–Trinajstić information content (AvgIpc) is 3.37. The number of H-pyrrole nitrogens is 1. The van der Waals surface area contributed by atoms with Gasteiger partial charge in [0.2, 0.25) is 0 Å². The number of benzene rings is 1. The first-order valence-corrected chi connectivity index (χ1v) is 11.9. The van der Waals surface area contributed by atoms with Gasteiger partial charge in [-0.25, -0.2) is 0 Å². The molecule has 0 bridgehead atoms. The number of ether oxygens (including phenoxy) is 2. The number of hydrogen-bond donors (Lipinski definition) is 2. The van der Waals surface area contributed by atoms with Crippen molar-refractivity contribution in [1.29, 1.82) is 0 Å². The van der Waals surface area contributed by atoms with Gasteiger partial charge < -0.3 is 24.5 Å². The van der Waals surface area contributed by atoms with Crippen LogP contribution in [0.25, 0.3) is 22.4 Å². The van der Waals surface area contributed by atoms with Crippen LogP contribution >= 0.6 is 11.6 Å². The quantitative estimate of drug-likeness (QED) is 0.391. The van der Waals surface area contributed by atoms with E-state index in [1.54, 1.807) is 31.3 Å². The molecular formula is C25H30ClF3N4O3. The Bertz CT molecular complexity index is 1210. The number of methoxy groups -OCH3 is 1. The molecule has 4 rings (SSSR count). The summed E-state index contributed by atoms with van der Waals surface area (Å²) in [6.07, 6.45) is -1.41. The Labute approximate surface area is 212 Å². The molecule has 0 saturated heterocycles. The Hall–Kier alpha value is -2.53. The molecule has 1 saturated carbocycles. The molecule has 11 heteroatoms. The molecule has 0 aliphatic heterocycles. The zero-order chi connectivity index (χ0) is 26.3. The van der Waals surface area contributed by atoms with Gasteiger partial charge in [0.25, 0.3) is 0 Å². The van der Waals surface area contributed by atoms with Crippen LogP contribution in [-0.4, -0.2) is 64.7 Å². The number of halogens is 4. The molecule has 3 aromatic rings.